The van der Waals surface area contributed by atoms with Gasteiger partial charge in [0.05, 0.1) is 5.56 Å². The van der Waals surface area contributed by atoms with Crippen molar-refractivity contribution in [2.24, 2.45) is 5.73 Å². The summed E-state index contributed by atoms with van der Waals surface area (Å²) in [5.41, 5.74) is 5.51. The molecule has 0 radical (unpaired) electrons. The number of hydrogen-bond donors (Lipinski definition) is 1. The topological polar surface area (TPSA) is 44.5 Å². The molecular weight excluding hydrogens is 422 g/mol. The molecule has 3 rings (SSSR count). The lowest BCUT2D eigenvalue weighted by Crippen LogP contribution is -2.11. The summed E-state index contributed by atoms with van der Waals surface area (Å²) in [6, 6.07) is 16.1. The average Bonchev–Trinajstić information content (AvgIpc) is 2.71. The van der Waals surface area contributed by atoms with Gasteiger partial charge in [-0.15, -0.1) is 12.4 Å². The predicted octanol–water partition coefficient (Wildman–Crippen LogP) is 5.85. The molecule has 0 aromatic heterocycles. The molecule has 0 spiro atoms. The van der Waals surface area contributed by atoms with Gasteiger partial charge in [-0.25, -0.2) is 4.39 Å². The first-order valence-electron chi connectivity index (χ1n) is 8.89. The maximum atomic E-state index is 14.3. The van der Waals surface area contributed by atoms with Crippen LogP contribution in [-0.4, -0.2) is 13.2 Å². The Balaban J connectivity index is 0.00000320. The van der Waals surface area contributed by atoms with Gasteiger partial charge in [0.15, 0.2) is 11.5 Å². The maximum Gasteiger partial charge on any atom is 0.416 e. The van der Waals surface area contributed by atoms with Gasteiger partial charge in [0.1, 0.15) is 19.0 Å². The van der Waals surface area contributed by atoms with E-state index in [1.54, 1.807) is 0 Å². The smallest absolute Gasteiger partial charge is 0.416 e. The summed E-state index contributed by atoms with van der Waals surface area (Å²) in [7, 11) is 0. The Hall–Kier alpha value is -2.77. The van der Waals surface area contributed by atoms with Gasteiger partial charge < -0.3 is 15.2 Å². The van der Waals surface area contributed by atoms with Crippen LogP contribution in [0.15, 0.2) is 66.7 Å². The van der Waals surface area contributed by atoms with Gasteiger partial charge in [0.25, 0.3) is 0 Å². The maximum absolute atomic E-state index is 14.3. The first-order valence-corrected chi connectivity index (χ1v) is 8.89. The Morgan fingerprint density at radius 2 is 1.57 bits per heavy atom. The molecule has 2 N–H and O–H groups in total. The molecule has 0 heterocycles. The Morgan fingerprint density at radius 1 is 0.833 bits per heavy atom. The monoisotopic (exact) mass is 441 g/mol. The van der Waals surface area contributed by atoms with E-state index < -0.39 is 17.6 Å². The molecule has 0 bridgehead atoms. The third-order valence-electron chi connectivity index (χ3n) is 4.16. The van der Waals surface area contributed by atoms with E-state index in [0.29, 0.717) is 11.8 Å². The highest BCUT2D eigenvalue weighted by Crippen LogP contribution is 2.37. The molecule has 0 aliphatic carbocycles. The van der Waals surface area contributed by atoms with E-state index in [9.17, 15) is 17.6 Å². The van der Waals surface area contributed by atoms with Crippen LogP contribution in [0.3, 0.4) is 0 Å². The third-order valence-corrected chi connectivity index (χ3v) is 4.16. The van der Waals surface area contributed by atoms with Gasteiger partial charge >= 0.3 is 6.18 Å². The Labute approximate surface area is 177 Å². The summed E-state index contributed by atoms with van der Waals surface area (Å²) in [5, 5.41) is 0. The van der Waals surface area contributed by atoms with E-state index in [0.717, 1.165) is 17.7 Å². The van der Waals surface area contributed by atoms with Crippen molar-refractivity contribution in [1.29, 1.82) is 0 Å². The summed E-state index contributed by atoms with van der Waals surface area (Å²) >= 11 is 0. The second kappa shape index (κ2) is 10.3. The van der Waals surface area contributed by atoms with Crippen LogP contribution in [0.4, 0.5) is 17.6 Å². The van der Waals surface area contributed by atoms with Crippen molar-refractivity contribution >= 4 is 12.4 Å². The quantitative estimate of drug-likeness (QED) is 0.468. The Bertz CT molecular complexity index is 965. The molecule has 0 fully saturated rings. The molecule has 8 heteroatoms. The van der Waals surface area contributed by atoms with Crippen molar-refractivity contribution < 1.29 is 27.0 Å². The molecule has 3 aromatic carbocycles. The largest absolute Gasteiger partial charge is 0.488 e. The number of alkyl halides is 3. The zero-order valence-electron chi connectivity index (χ0n) is 15.8. The molecular formula is C22H20ClF4NO2. The SMILES string of the molecule is Cl.NCCOc1ccc(-c2cc(C(F)(F)F)ccc2F)cc1OCc1ccccc1. The molecule has 160 valence electrons. The van der Waals surface area contributed by atoms with Gasteiger partial charge in [-0.05, 0) is 41.5 Å². The number of nitrogens with two attached hydrogens (primary N) is 1. The molecule has 0 unspecified atom stereocenters. The molecule has 3 aromatic rings. The second-order valence-electron chi connectivity index (χ2n) is 6.27. The van der Waals surface area contributed by atoms with Crippen molar-refractivity contribution in [2.75, 3.05) is 13.2 Å². The fourth-order valence-electron chi connectivity index (χ4n) is 2.73. The van der Waals surface area contributed by atoms with E-state index in [1.807, 2.05) is 30.3 Å². The van der Waals surface area contributed by atoms with Crippen molar-refractivity contribution in [1.82, 2.24) is 0 Å². The molecule has 0 saturated carbocycles. The predicted molar refractivity (Wildman–Crippen MR) is 109 cm³/mol. The normalized spacial score (nSPS) is 11.0. The van der Waals surface area contributed by atoms with Crippen LogP contribution in [0.1, 0.15) is 11.1 Å². The fraction of sp³-hybridized carbons (Fsp3) is 0.182. The number of benzene rings is 3. The van der Waals surface area contributed by atoms with E-state index in [4.69, 9.17) is 15.2 Å². The number of rotatable bonds is 7. The third kappa shape index (κ3) is 5.87. The minimum atomic E-state index is -4.57. The highest BCUT2D eigenvalue weighted by Gasteiger charge is 2.31. The summed E-state index contributed by atoms with van der Waals surface area (Å²) in [6.45, 7) is 0.732. The molecule has 0 amide bonds. The summed E-state index contributed by atoms with van der Waals surface area (Å²) in [5.74, 6) is -0.0956. The van der Waals surface area contributed by atoms with Gasteiger partial charge in [-0.3, -0.25) is 0 Å². The zero-order chi connectivity index (χ0) is 20.9. The molecule has 0 saturated heterocycles. The Kier molecular flexibility index (Phi) is 8.08. The van der Waals surface area contributed by atoms with Crippen LogP contribution in [0.5, 0.6) is 11.5 Å². The highest BCUT2D eigenvalue weighted by molar-refractivity contribution is 5.85. The molecule has 0 atom stereocenters. The van der Waals surface area contributed by atoms with Crippen LogP contribution < -0.4 is 15.2 Å². The zero-order valence-corrected chi connectivity index (χ0v) is 16.6. The Morgan fingerprint density at radius 3 is 2.23 bits per heavy atom. The fourth-order valence-corrected chi connectivity index (χ4v) is 2.73. The second-order valence-corrected chi connectivity index (χ2v) is 6.27. The lowest BCUT2D eigenvalue weighted by Gasteiger charge is -2.15. The van der Waals surface area contributed by atoms with E-state index >= 15 is 0 Å². The lowest BCUT2D eigenvalue weighted by atomic mass is 10.0. The first kappa shape index (κ1) is 23.5. The van der Waals surface area contributed by atoms with Crippen LogP contribution in [0, 0.1) is 5.82 Å². The van der Waals surface area contributed by atoms with Crippen LogP contribution in [0.25, 0.3) is 11.1 Å². The average molecular weight is 442 g/mol. The van der Waals surface area contributed by atoms with Gasteiger partial charge in [-0.2, -0.15) is 13.2 Å². The molecule has 3 nitrogen and oxygen atoms in total. The summed E-state index contributed by atoms with van der Waals surface area (Å²) < 4.78 is 64.7. The minimum Gasteiger partial charge on any atom is -0.488 e. The van der Waals surface area contributed by atoms with E-state index in [-0.39, 0.29) is 49.0 Å². The van der Waals surface area contributed by atoms with Gasteiger partial charge in [0, 0.05) is 12.1 Å². The number of ether oxygens (including phenoxy) is 2. The molecule has 30 heavy (non-hydrogen) atoms. The summed E-state index contributed by atoms with van der Waals surface area (Å²) in [6.07, 6.45) is -4.57. The van der Waals surface area contributed by atoms with Crippen molar-refractivity contribution in [2.45, 2.75) is 12.8 Å². The minimum absolute atomic E-state index is 0. The van der Waals surface area contributed by atoms with E-state index in [1.165, 1.54) is 18.2 Å². The van der Waals surface area contributed by atoms with Crippen molar-refractivity contribution in [3.05, 3.63) is 83.7 Å². The van der Waals surface area contributed by atoms with Crippen molar-refractivity contribution in [3.63, 3.8) is 0 Å². The van der Waals surface area contributed by atoms with E-state index in [2.05, 4.69) is 0 Å². The summed E-state index contributed by atoms with van der Waals surface area (Å²) in [4.78, 5) is 0. The molecule has 0 aliphatic heterocycles. The lowest BCUT2D eigenvalue weighted by molar-refractivity contribution is -0.137. The van der Waals surface area contributed by atoms with Crippen molar-refractivity contribution in [3.8, 4) is 22.6 Å². The van der Waals surface area contributed by atoms with Gasteiger partial charge in [-0.1, -0.05) is 36.4 Å². The van der Waals surface area contributed by atoms with Crippen LogP contribution in [-0.2, 0) is 12.8 Å². The van der Waals surface area contributed by atoms with Crippen LogP contribution in [0.2, 0.25) is 0 Å². The first-order chi connectivity index (χ1) is 13.9. The molecule has 0 aliphatic rings. The van der Waals surface area contributed by atoms with Crippen LogP contribution >= 0.6 is 12.4 Å². The number of halogens is 5. The number of hydrogen-bond acceptors (Lipinski definition) is 3. The van der Waals surface area contributed by atoms with Gasteiger partial charge in [0.2, 0.25) is 0 Å². The highest BCUT2D eigenvalue weighted by atomic mass is 35.5. The standard InChI is InChI=1S/C22H19F4NO2.ClH/c23-19-8-7-17(22(24,25)26)13-18(19)16-6-9-20(28-11-10-27)21(12-16)29-14-15-4-2-1-3-5-15;/h1-9,12-13H,10-11,14,27H2;1H.